The van der Waals surface area contributed by atoms with Crippen LogP contribution in [0.1, 0.15) is 0 Å². The molecule has 1 nitrogen and oxygen atoms in total. The SMILES string of the molecule is [2H]P(O)(P)=S. The average Bonchev–Trinajstić information content (AvgIpc) is 0.722. The lowest BCUT2D eigenvalue weighted by Crippen LogP contribution is -1.18. The summed E-state index contributed by atoms with van der Waals surface area (Å²) >= 11 is 4.12. The van der Waals surface area contributed by atoms with Gasteiger partial charge in [0, 0.05) is 0 Å². The molecule has 26 valence electrons. The van der Waals surface area contributed by atoms with Crippen molar-refractivity contribution in [1.29, 1.82) is 1.28 Å². The van der Waals surface area contributed by atoms with E-state index in [0.29, 0.717) is 0 Å². The molecule has 0 fully saturated rings. The van der Waals surface area contributed by atoms with Crippen LogP contribution in [0.4, 0.5) is 0 Å². The first-order valence-corrected chi connectivity index (χ1v) is 4.57. The monoisotopic (exact) mass is 115 g/mol. The van der Waals surface area contributed by atoms with E-state index in [1.54, 1.807) is 0 Å². The molecule has 0 spiro atoms. The fourth-order valence-corrected chi connectivity index (χ4v) is 0. The second-order valence-electron chi connectivity index (χ2n) is 0.303. The summed E-state index contributed by atoms with van der Waals surface area (Å²) in [5, 5.41) is 0. The highest BCUT2D eigenvalue weighted by Crippen LogP contribution is 2.22. The quantitative estimate of drug-likeness (QED) is 0.460. The molecule has 0 heterocycles. The molecule has 0 aliphatic rings. The molecule has 0 aromatic heterocycles. The number of hydrogen-bond donors (Lipinski definition) is 1. The van der Waals surface area contributed by atoms with E-state index in [4.69, 9.17) is 6.17 Å². The summed E-state index contributed by atoms with van der Waals surface area (Å²) in [4.78, 5) is 8.08. The van der Waals surface area contributed by atoms with Crippen LogP contribution in [-0.2, 0) is 11.8 Å². The summed E-state index contributed by atoms with van der Waals surface area (Å²) in [6.07, 6.45) is 0. The van der Waals surface area contributed by atoms with Crippen molar-refractivity contribution in [2.45, 2.75) is 0 Å². The molecule has 0 rings (SSSR count). The largest absolute Gasteiger partial charge is 0.365 e. The van der Waals surface area contributed by atoms with Crippen molar-refractivity contribution in [3.8, 4) is 0 Å². The first kappa shape index (κ1) is 3.24. The minimum Gasteiger partial charge on any atom is -0.365 e. The van der Waals surface area contributed by atoms with Crippen molar-refractivity contribution in [1.82, 2.24) is 0 Å². The predicted octanol–water partition coefficient (Wildman–Crippen LogP) is 0.360. The zero-order valence-electron chi connectivity index (χ0n) is 2.88. The van der Waals surface area contributed by atoms with E-state index in [1.165, 1.54) is 0 Å². The number of hydrogen-bond acceptors (Lipinski definition) is 1. The third kappa shape index (κ3) is 11.7. The third-order valence-electron chi connectivity index (χ3n) is 0. The first-order chi connectivity index (χ1) is 2.00. The molecule has 0 aromatic rings. The highest BCUT2D eigenvalue weighted by atomic mass is 32.6. The van der Waals surface area contributed by atoms with Crippen LogP contribution in [0.25, 0.3) is 0 Å². The Morgan fingerprint density at radius 2 is 2.50 bits per heavy atom. The van der Waals surface area contributed by atoms with Crippen molar-refractivity contribution >= 4 is 27.3 Å². The lowest BCUT2D eigenvalue weighted by molar-refractivity contribution is 0.658. The van der Waals surface area contributed by atoms with Gasteiger partial charge in [-0.2, -0.15) is 0 Å². The topological polar surface area (TPSA) is 20.2 Å². The Hall–Kier alpha value is 1.04. The van der Waals surface area contributed by atoms with Crippen molar-refractivity contribution < 1.29 is 4.89 Å². The van der Waals surface area contributed by atoms with Crippen LogP contribution in [0.2, 0.25) is 0 Å². The van der Waals surface area contributed by atoms with Gasteiger partial charge in [-0.3, -0.25) is 0 Å². The summed E-state index contributed by atoms with van der Waals surface area (Å²) in [6.45, 7) is -2.64. The Kier molecular flexibility index (Phi) is 1.85. The minimum atomic E-state index is -2.64. The Morgan fingerprint density at radius 1 is 2.50 bits per heavy atom. The normalized spacial score (nSPS) is 27.0. The van der Waals surface area contributed by atoms with Gasteiger partial charge in [0.05, 0.1) is 6.56 Å². The van der Waals surface area contributed by atoms with E-state index in [9.17, 15) is 0 Å². The van der Waals surface area contributed by atoms with Gasteiger partial charge >= 0.3 is 0 Å². The van der Waals surface area contributed by atoms with Gasteiger partial charge in [0.1, 0.15) is 1.28 Å². The average molecular weight is 115 g/mol. The minimum absolute atomic E-state index is 1.86. The lowest BCUT2D eigenvalue weighted by atomic mass is 15.9. The molecule has 0 aliphatic heterocycles. The van der Waals surface area contributed by atoms with Crippen LogP contribution >= 0.6 is 15.5 Å². The highest BCUT2D eigenvalue weighted by molar-refractivity contribution is 8.31. The van der Waals surface area contributed by atoms with Crippen LogP contribution in [-0.4, -0.2) is 6.17 Å². The van der Waals surface area contributed by atoms with E-state index < -0.39 is 6.56 Å². The summed E-state index contributed by atoms with van der Waals surface area (Å²) in [5.41, 5.74) is 0. The first-order valence-electron chi connectivity index (χ1n) is 1.09. The van der Waals surface area contributed by atoms with Crippen molar-refractivity contribution in [2.24, 2.45) is 0 Å². The molecular weight excluding hydrogens is 110 g/mol. The maximum absolute atomic E-state index is 8.08. The fourth-order valence-electron chi connectivity index (χ4n) is 0. The maximum atomic E-state index is 8.08. The molecule has 2 atom stereocenters. The molecule has 0 aliphatic carbocycles. The molecule has 1 N–H and O–H groups in total. The standard InChI is InChI=1S/H4OP2S/c1-3(2)4/h3H,2H2,(H,1,4)/i3D. The van der Waals surface area contributed by atoms with Gasteiger partial charge in [0.15, 0.2) is 0 Å². The molecule has 0 saturated carbocycles. The summed E-state index contributed by atoms with van der Waals surface area (Å²) < 4.78 is 6.38. The zero-order chi connectivity index (χ0) is 4.50. The second kappa shape index (κ2) is 2.29. The molecule has 0 radical (unpaired) electrons. The van der Waals surface area contributed by atoms with Gasteiger partial charge < -0.3 is 4.89 Å². The molecule has 2 unspecified atom stereocenters. The maximum Gasteiger partial charge on any atom is 0.102 e. The Morgan fingerprint density at radius 3 is 2.50 bits per heavy atom. The Labute approximate surface area is 34.3 Å². The van der Waals surface area contributed by atoms with Crippen LogP contribution < -0.4 is 0 Å². The van der Waals surface area contributed by atoms with Crippen LogP contribution in [0.5, 0.6) is 0 Å². The third-order valence-corrected chi connectivity index (χ3v) is 0. The second-order valence-corrected chi connectivity index (χ2v) is 4.62. The van der Waals surface area contributed by atoms with Crippen molar-refractivity contribution in [3.63, 3.8) is 0 Å². The van der Waals surface area contributed by atoms with Gasteiger partial charge in [-0.05, 0) is 0 Å². The summed E-state index contributed by atoms with van der Waals surface area (Å²) in [5.74, 6) is 0. The summed E-state index contributed by atoms with van der Waals surface area (Å²) in [7, 11) is 1.86. The Balaban J connectivity index is 3.47. The van der Waals surface area contributed by atoms with Gasteiger partial charge in [0.25, 0.3) is 0 Å². The van der Waals surface area contributed by atoms with Gasteiger partial charge in [0.2, 0.25) is 0 Å². The molecule has 4 heavy (non-hydrogen) atoms. The van der Waals surface area contributed by atoms with Crippen LogP contribution in [0.15, 0.2) is 0 Å². The van der Waals surface area contributed by atoms with Gasteiger partial charge in [-0.15, -0.1) is 0 Å². The van der Waals surface area contributed by atoms with Crippen LogP contribution in [0.3, 0.4) is 0 Å². The Bertz CT molecular complexity index is 55.8. The van der Waals surface area contributed by atoms with E-state index in [-0.39, 0.29) is 0 Å². The molecule has 0 saturated heterocycles. The highest BCUT2D eigenvalue weighted by Gasteiger charge is 1.53. The molecule has 0 aromatic carbocycles. The van der Waals surface area contributed by atoms with Crippen molar-refractivity contribution in [2.75, 3.05) is 0 Å². The predicted molar refractivity (Wildman–Crippen MR) is 27.6 cm³/mol. The van der Waals surface area contributed by atoms with E-state index in [0.717, 1.165) is 0 Å². The van der Waals surface area contributed by atoms with Crippen LogP contribution in [0, 0.1) is 0 Å². The summed E-state index contributed by atoms with van der Waals surface area (Å²) in [6, 6.07) is 0. The zero-order valence-corrected chi connectivity index (χ0v) is 4.75. The van der Waals surface area contributed by atoms with Crippen molar-refractivity contribution in [3.05, 3.63) is 0 Å². The van der Waals surface area contributed by atoms with E-state index in [1.807, 2.05) is 8.93 Å². The molecular formula is H4OP2S. The molecule has 0 amide bonds. The van der Waals surface area contributed by atoms with E-state index in [2.05, 4.69) is 11.8 Å². The van der Waals surface area contributed by atoms with Gasteiger partial charge in [-0.25, -0.2) is 0 Å². The smallest absolute Gasteiger partial charge is 0.102 e. The molecule has 4 heteroatoms. The lowest BCUT2D eigenvalue weighted by Gasteiger charge is -1.66. The molecule has 0 bridgehead atoms. The van der Waals surface area contributed by atoms with E-state index >= 15 is 0 Å². The fraction of sp³-hybridized carbons (Fsp3) is 0. The number of rotatable bonds is 0. The van der Waals surface area contributed by atoms with Gasteiger partial charge in [-0.1, -0.05) is 20.7 Å².